The number of nitrogens with one attached hydrogen (secondary N) is 1. The highest BCUT2D eigenvalue weighted by Crippen LogP contribution is 1.61. The highest BCUT2D eigenvalue weighted by atomic mass is 16.1. The highest BCUT2D eigenvalue weighted by molar-refractivity contribution is 5.45. The maximum absolute atomic E-state index is 9.55. The Morgan fingerprint density at radius 1 is 1.71 bits per heavy atom. The number of amides is 1. The van der Waals surface area contributed by atoms with Crippen molar-refractivity contribution in [2.75, 3.05) is 13.1 Å². The molecule has 0 saturated carbocycles. The van der Waals surface area contributed by atoms with Gasteiger partial charge in [-0.2, -0.15) is 0 Å². The first-order valence-electron chi connectivity index (χ1n) is 2.38. The van der Waals surface area contributed by atoms with Crippen LogP contribution in [0, 0.1) is 0 Å². The molecule has 0 heterocycles. The van der Waals surface area contributed by atoms with E-state index in [9.17, 15) is 4.79 Å². The maximum Gasteiger partial charge on any atom is 0.207 e. The van der Waals surface area contributed by atoms with Crippen LogP contribution in [0.1, 0.15) is 6.42 Å². The average Bonchev–Trinajstić information content (AvgIpc) is 1.69. The maximum atomic E-state index is 9.55. The summed E-state index contributed by atoms with van der Waals surface area (Å²) in [5, 5.41) is 2.53. The minimum atomic E-state index is 0.704. The van der Waals surface area contributed by atoms with E-state index in [0.29, 0.717) is 6.41 Å². The summed E-state index contributed by atoms with van der Waals surface area (Å²) < 4.78 is 0. The molecule has 0 rings (SSSR count). The Kier molecular flexibility index (Phi) is 4.99. The first kappa shape index (κ1) is 6.43. The predicted molar refractivity (Wildman–Crippen MR) is 26.4 cm³/mol. The van der Waals surface area contributed by atoms with Crippen LogP contribution in [0.5, 0.6) is 0 Å². The summed E-state index contributed by atoms with van der Waals surface area (Å²) in [5.74, 6) is 0. The molecule has 1 amide bonds. The standard InChI is InChI=1S/C4H10N2O/c5-2-1-3-6-4-7/h4H,1-3,5H2,(H,6,7)/p+1. The zero-order valence-electron chi connectivity index (χ0n) is 4.31. The van der Waals surface area contributed by atoms with Gasteiger partial charge in [-0.25, -0.2) is 0 Å². The largest absolute Gasteiger partial charge is 0.358 e. The molecule has 0 aromatic carbocycles. The van der Waals surface area contributed by atoms with Crippen molar-refractivity contribution in [3.8, 4) is 0 Å². The number of hydrogen-bond donors (Lipinski definition) is 2. The quantitative estimate of drug-likeness (QED) is 0.325. The lowest BCUT2D eigenvalue weighted by Gasteiger charge is -1.89. The molecule has 0 aliphatic carbocycles. The van der Waals surface area contributed by atoms with Crippen molar-refractivity contribution in [3.05, 3.63) is 0 Å². The second-order valence-electron chi connectivity index (χ2n) is 1.28. The summed E-state index contributed by atoms with van der Waals surface area (Å²) in [6, 6.07) is 0. The van der Waals surface area contributed by atoms with Crippen LogP contribution in [0.3, 0.4) is 0 Å². The minimum Gasteiger partial charge on any atom is -0.358 e. The van der Waals surface area contributed by atoms with Crippen molar-refractivity contribution in [1.82, 2.24) is 5.32 Å². The molecule has 0 aliphatic rings. The molecule has 0 bridgehead atoms. The van der Waals surface area contributed by atoms with E-state index < -0.39 is 0 Å². The van der Waals surface area contributed by atoms with Crippen molar-refractivity contribution in [3.63, 3.8) is 0 Å². The Bertz CT molecular complexity index is 47.0. The van der Waals surface area contributed by atoms with Gasteiger partial charge in [-0.15, -0.1) is 0 Å². The van der Waals surface area contributed by atoms with Gasteiger partial charge in [-0.1, -0.05) is 0 Å². The number of rotatable bonds is 4. The SMILES string of the molecule is [NH3+]CCCNC=O. The third-order valence-electron chi connectivity index (χ3n) is 0.654. The van der Waals surface area contributed by atoms with Gasteiger partial charge in [0.2, 0.25) is 6.41 Å². The molecule has 0 aromatic heterocycles. The topological polar surface area (TPSA) is 56.7 Å². The lowest BCUT2D eigenvalue weighted by molar-refractivity contribution is -0.367. The Hall–Kier alpha value is -0.570. The lowest BCUT2D eigenvalue weighted by atomic mass is 10.4. The summed E-state index contributed by atoms with van der Waals surface area (Å²) in [4.78, 5) is 9.55. The van der Waals surface area contributed by atoms with E-state index in [1.54, 1.807) is 0 Å². The van der Waals surface area contributed by atoms with Gasteiger partial charge >= 0.3 is 0 Å². The summed E-state index contributed by atoms with van der Waals surface area (Å²) >= 11 is 0. The van der Waals surface area contributed by atoms with Crippen LogP contribution in [-0.2, 0) is 4.79 Å². The second-order valence-corrected chi connectivity index (χ2v) is 1.28. The molecule has 3 nitrogen and oxygen atoms in total. The van der Waals surface area contributed by atoms with Gasteiger partial charge < -0.3 is 11.1 Å². The van der Waals surface area contributed by atoms with Gasteiger partial charge in [0.15, 0.2) is 0 Å². The highest BCUT2D eigenvalue weighted by Gasteiger charge is 1.79. The van der Waals surface area contributed by atoms with Gasteiger partial charge in [-0.05, 0) is 0 Å². The molecule has 0 atom stereocenters. The molecule has 3 heteroatoms. The second kappa shape index (κ2) is 5.43. The van der Waals surface area contributed by atoms with E-state index >= 15 is 0 Å². The Morgan fingerprint density at radius 3 is 2.86 bits per heavy atom. The van der Waals surface area contributed by atoms with Gasteiger partial charge in [0.1, 0.15) is 0 Å². The number of hydrogen-bond acceptors (Lipinski definition) is 1. The van der Waals surface area contributed by atoms with E-state index in [-0.39, 0.29) is 0 Å². The van der Waals surface area contributed by atoms with E-state index in [2.05, 4.69) is 11.1 Å². The summed E-state index contributed by atoms with van der Waals surface area (Å²) in [6.45, 7) is 1.65. The molecule has 0 unspecified atom stereocenters. The Labute approximate surface area is 42.9 Å². The van der Waals surface area contributed by atoms with Crippen LogP contribution in [0.2, 0.25) is 0 Å². The van der Waals surface area contributed by atoms with Crippen molar-refractivity contribution in [2.24, 2.45) is 0 Å². The third-order valence-corrected chi connectivity index (χ3v) is 0.654. The molecule has 0 fully saturated rings. The average molecular weight is 103 g/mol. The molecule has 0 spiro atoms. The fourth-order valence-electron chi connectivity index (χ4n) is 0.286. The van der Waals surface area contributed by atoms with Crippen LogP contribution in [0.4, 0.5) is 0 Å². The normalized spacial score (nSPS) is 8.14. The molecule has 0 aliphatic heterocycles. The molecule has 0 radical (unpaired) electrons. The van der Waals surface area contributed by atoms with Crippen LogP contribution in [-0.4, -0.2) is 19.5 Å². The van der Waals surface area contributed by atoms with Crippen LogP contribution in [0.25, 0.3) is 0 Å². The van der Waals surface area contributed by atoms with Crippen LogP contribution in [0.15, 0.2) is 0 Å². The Morgan fingerprint density at radius 2 is 2.43 bits per heavy atom. The summed E-state index contributed by atoms with van der Waals surface area (Å²) in [6.07, 6.45) is 1.67. The molecule has 0 aromatic rings. The van der Waals surface area contributed by atoms with Crippen LogP contribution < -0.4 is 11.1 Å². The lowest BCUT2D eigenvalue weighted by Crippen LogP contribution is -2.50. The van der Waals surface area contributed by atoms with Crippen LogP contribution >= 0.6 is 0 Å². The van der Waals surface area contributed by atoms with Crippen molar-refractivity contribution >= 4 is 6.41 Å². The molecule has 42 valence electrons. The zero-order valence-corrected chi connectivity index (χ0v) is 4.31. The smallest absolute Gasteiger partial charge is 0.207 e. The fraction of sp³-hybridized carbons (Fsp3) is 0.750. The number of carbonyl (C=O) groups is 1. The third kappa shape index (κ3) is 5.43. The number of carbonyl (C=O) groups excluding carboxylic acids is 1. The molecular weight excluding hydrogens is 92.1 g/mol. The Balaban J connectivity index is 2.56. The van der Waals surface area contributed by atoms with Gasteiger partial charge in [0.25, 0.3) is 0 Å². The van der Waals surface area contributed by atoms with E-state index in [4.69, 9.17) is 0 Å². The van der Waals surface area contributed by atoms with E-state index in [1.165, 1.54) is 0 Å². The van der Waals surface area contributed by atoms with E-state index in [1.807, 2.05) is 0 Å². The van der Waals surface area contributed by atoms with Crippen molar-refractivity contribution < 1.29 is 10.5 Å². The molecule has 7 heavy (non-hydrogen) atoms. The first-order valence-corrected chi connectivity index (χ1v) is 2.38. The van der Waals surface area contributed by atoms with Gasteiger partial charge in [0.05, 0.1) is 6.54 Å². The predicted octanol–water partition coefficient (Wildman–Crippen LogP) is -1.64. The van der Waals surface area contributed by atoms with Gasteiger partial charge in [-0.3, -0.25) is 4.79 Å². The fourth-order valence-corrected chi connectivity index (χ4v) is 0.286. The van der Waals surface area contributed by atoms with Crippen molar-refractivity contribution in [1.29, 1.82) is 0 Å². The molecule has 4 N–H and O–H groups in total. The minimum absolute atomic E-state index is 0.704. The summed E-state index contributed by atoms with van der Waals surface area (Å²) in [5.41, 5.74) is 3.60. The number of quaternary nitrogens is 1. The van der Waals surface area contributed by atoms with E-state index in [0.717, 1.165) is 19.5 Å². The van der Waals surface area contributed by atoms with Gasteiger partial charge in [0, 0.05) is 13.0 Å². The van der Waals surface area contributed by atoms with Crippen molar-refractivity contribution in [2.45, 2.75) is 6.42 Å². The first-order chi connectivity index (χ1) is 3.41. The zero-order chi connectivity index (χ0) is 5.54. The monoisotopic (exact) mass is 103 g/mol. The molecular formula is C4H11N2O+. The summed E-state index contributed by atoms with van der Waals surface area (Å²) in [7, 11) is 0. The molecule has 0 saturated heterocycles.